The second-order valence-electron chi connectivity index (χ2n) is 3.63. The van der Waals surface area contributed by atoms with Crippen molar-refractivity contribution in [2.75, 3.05) is 0 Å². The molecule has 3 N–H and O–H groups in total. The van der Waals surface area contributed by atoms with Crippen molar-refractivity contribution < 1.29 is 9.90 Å². The Kier molecular flexibility index (Phi) is 2.83. The lowest BCUT2D eigenvalue weighted by Gasteiger charge is -2.08. The molecular weight excluding hydrogens is 204 g/mol. The summed E-state index contributed by atoms with van der Waals surface area (Å²) < 4.78 is 0. The SMILES string of the molecule is N[C@@H](CC(=O)O)c1ccc2ccccc2n1. The van der Waals surface area contributed by atoms with E-state index in [-0.39, 0.29) is 6.42 Å². The van der Waals surface area contributed by atoms with E-state index in [4.69, 9.17) is 10.8 Å². The first-order chi connectivity index (χ1) is 7.66. The second-order valence-corrected chi connectivity index (χ2v) is 3.63. The highest BCUT2D eigenvalue weighted by atomic mass is 16.4. The summed E-state index contributed by atoms with van der Waals surface area (Å²) in [4.78, 5) is 14.9. The summed E-state index contributed by atoms with van der Waals surface area (Å²) in [5, 5.41) is 9.67. The molecule has 0 bridgehead atoms. The monoisotopic (exact) mass is 216 g/mol. The fourth-order valence-corrected chi connectivity index (χ4v) is 1.58. The first kappa shape index (κ1) is 10.6. The predicted octanol–water partition coefficient (Wildman–Crippen LogP) is 1.71. The van der Waals surface area contributed by atoms with Crippen LogP contribution in [-0.4, -0.2) is 16.1 Å². The Morgan fingerprint density at radius 1 is 1.31 bits per heavy atom. The van der Waals surface area contributed by atoms with E-state index in [1.165, 1.54) is 0 Å². The number of carboxylic acid groups (broad SMARTS) is 1. The fourth-order valence-electron chi connectivity index (χ4n) is 1.58. The maximum absolute atomic E-state index is 10.5. The van der Waals surface area contributed by atoms with E-state index in [2.05, 4.69) is 4.98 Å². The highest BCUT2D eigenvalue weighted by Gasteiger charge is 2.11. The molecule has 0 aliphatic rings. The molecule has 0 unspecified atom stereocenters. The number of carboxylic acids is 1. The van der Waals surface area contributed by atoms with Gasteiger partial charge in [0.05, 0.1) is 23.7 Å². The Morgan fingerprint density at radius 3 is 2.81 bits per heavy atom. The van der Waals surface area contributed by atoms with Crippen molar-refractivity contribution in [2.24, 2.45) is 5.73 Å². The first-order valence-electron chi connectivity index (χ1n) is 5.00. The third kappa shape index (κ3) is 2.17. The van der Waals surface area contributed by atoms with Gasteiger partial charge in [-0.15, -0.1) is 0 Å². The van der Waals surface area contributed by atoms with Crippen LogP contribution in [0.25, 0.3) is 10.9 Å². The summed E-state index contributed by atoms with van der Waals surface area (Å²) in [5.74, 6) is -0.914. The lowest BCUT2D eigenvalue weighted by atomic mass is 10.1. The summed E-state index contributed by atoms with van der Waals surface area (Å²) in [7, 11) is 0. The molecule has 1 aromatic carbocycles. The van der Waals surface area contributed by atoms with Crippen LogP contribution < -0.4 is 5.73 Å². The number of aromatic nitrogens is 1. The molecule has 0 spiro atoms. The van der Waals surface area contributed by atoms with E-state index < -0.39 is 12.0 Å². The van der Waals surface area contributed by atoms with Gasteiger partial charge in [-0.1, -0.05) is 24.3 Å². The molecular formula is C12H12N2O2. The van der Waals surface area contributed by atoms with Gasteiger partial charge in [0.2, 0.25) is 0 Å². The summed E-state index contributed by atoms with van der Waals surface area (Å²) in [5.41, 5.74) is 7.19. The van der Waals surface area contributed by atoms with E-state index in [0.717, 1.165) is 10.9 Å². The molecule has 2 rings (SSSR count). The molecule has 0 amide bonds. The maximum atomic E-state index is 10.5. The quantitative estimate of drug-likeness (QED) is 0.818. The van der Waals surface area contributed by atoms with Crippen LogP contribution >= 0.6 is 0 Å². The molecule has 0 aliphatic carbocycles. The molecule has 4 heteroatoms. The van der Waals surface area contributed by atoms with E-state index in [9.17, 15) is 4.79 Å². The van der Waals surface area contributed by atoms with Crippen LogP contribution in [0.2, 0.25) is 0 Å². The normalized spacial score (nSPS) is 12.6. The van der Waals surface area contributed by atoms with Crippen LogP contribution in [0.5, 0.6) is 0 Å². The summed E-state index contributed by atoms with van der Waals surface area (Å²) in [6.45, 7) is 0. The zero-order valence-corrected chi connectivity index (χ0v) is 8.63. The molecule has 0 aliphatic heterocycles. The van der Waals surface area contributed by atoms with Crippen molar-refractivity contribution in [3.63, 3.8) is 0 Å². The molecule has 4 nitrogen and oxygen atoms in total. The number of hydrogen-bond donors (Lipinski definition) is 2. The molecule has 1 aromatic heterocycles. The average molecular weight is 216 g/mol. The molecule has 1 atom stereocenters. The second kappa shape index (κ2) is 4.28. The predicted molar refractivity (Wildman–Crippen MR) is 60.9 cm³/mol. The molecule has 0 radical (unpaired) electrons. The number of pyridine rings is 1. The minimum Gasteiger partial charge on any atom is -0.481 e. The third-order valence-electron chi connectivity index (χ3n) is 2.39. The van der Waals surface area contributed by atoms with Crippen molar-refractivity contribution in [3.05, 3.63) is 42.1 Å². The number of aliphatic carboxylic acids is 1. The Hall–Kier alpha value is -1.94. The Morgan fingerprint density at radius 2 is 2.06 bits per heavy atom. The van der Waals surface area contributed by atoms with Gasteiger partial charge in [0, 0.05) is 5.39 Å². The van der Waals surface area contributed by atoms with E-state index in [0.29, 0.717) is 5.69 Å². The number of fused-ring (bicyclic) bond motifs is 1. The van der Waals surface area contributed by atoms with Crippen molar-refractivity contribution in [3.8, 4) is 0 Å². The van der Waals surface area contributed by atoms with Gasteiger partial charge in [0.1, 0.15) is 0 Å². The standard InChI is InChI=1S/C12H12N2O2/c13-9(7-12(15)16)11-6-5-8-3-1-2-4-10(8)14-11/h1-6,9H,7,13H2,(H,15,16)/t9-/m0/s1. The number of benzene rings is 1. The maximum Gasteiger partial charge on any atom is 0.305 e. The van der Waals surface area contributed by atoms with Crippen LogP contribution in [0.15, 0.2) is 36.4 Å². The van der Waals surface area contributed by atoms with Gasteiger partial charge < -0.3 is 10.8 Å². The minimum atomic E-state index is -0.914. The zero-order valence-electron chi connectivity index (χ0n) is 8.63. The Balaban J connectivity index is 2.35. The molecule has 16 heavy (non-hydrogen) atoms. The topological polar surface area (TPSA) is 76.2 Å². The van der Waals surface area contributed by atoms with Crippen molar-refractivity contribution >= 4 is 16.9 Å². The third-order valence-corrected chi connectivity index (χ3v) is 2.39. The molecule has 2 aromatic rings. The number of hydrogen-bond acceptors (Lipinski definition) is 3. The highest BCUT2D eigenvalue weighted by molar-refractivity contribution is 5.78. The Bertz CT molecular complexity index is 525. The van der Waals surface area contributed by atoms with E-state index in [1.807, 2.05) is 30.3 Å². The number of para-hydroxylation sites is 1. The molecule has 0 saturated heterocycles. The zero-order chi connectivity index (χ0) is 11.5. The van der Waals surface area contributed by atoms with E-state index >= 15 is 0 Å². The summed E-state index contributed by atoms with van der Waals surface area (Å²) in [6.07, 6.45) is -0.106. The average Bonchev–Trinajstić information content (AvgIpc) is 2.27. The number of carbonyl (C=O) groups is 1. The molecule has 1 heterocycles. The molecule has 82 valence electrons. The smallest absolute Gasteiger partial charge is 0.305 e. The largest absolute Gasteiger partial charge is 0.481 e. The minimum absolute atomic E-state index is 0.106. The number of nitrogens with two attached hydrogens (primary N) is 1. The van der Waals surface area contributed by atoms with Gasteiger partial charge in [-0.05, 0) is 12.1 Å². The van der Waals surface area contributed by atoms with E-state index in [1.54, 1.807) is 6.07 Å². The van der Waals surface area contributed by atoms with Gasteiger partial charge in [0.25, 0.3) is 0 Å². The summed E-state index contributed by atoms with van der Waals surface area (Å²) >= 11 is 0. The van der Waals surface area contributed by atoms with Crippen molar-refractivity contribution in [1.82, 2.24) is 4.98 Å². The lowest BCUT2D eigenvalue weighted by molar-refractivity contribution is -0.137. The van der Waals surface area contributed by atoms with Crippen LogP contribution in [-0.2, 0) is 4.79 Å². The van der Waals surface area contributed by atoms with Gasteiger partial charge in [-0.25, -0.2) is 0 Å². The van der Waals surface area contributed by atoms with Crippen LogP contribution in [0.3, 0.4) is 0 Å². The van der Waals surface area contributed by atoms with Crippen LogP contribution in [0.4, 0.5) is 0 Å². The molecule has 0 fully saturated rings. The Labute approximate surface area is 92.7 Å². The van der Waals surface area contributed by atoms with Gasteiger partial charge in [-0.2, -0.15) is 0 Å². The van der Waals surface area contributed by atoms with Crippen molar-refractivity contribution in [1.29, 1.82) is 0 Å². The van der Waals surface area contributed by atoms with Crippen LogP contribution in [0.1, 0.15) is 18.2 Å². The van der Waals surface area contributed by atoms with Crippen molar-refractivity contribution in [2.45, 2.75) is 12.5 Å². The highest BCUT2D eigenvalue weighted by Crippen LogP contribution is 2.17. The van der Waals surface area contributed by atoms with Gasteiger partial charge in [0.15, 0.2) is 0 Å². The molecule has 0 saturated carbocycles. The summed E-state index contributed by atoms with van der Waals surface area (Å²) in [6, 6.07) is 10.8. The number of nitrogens with zero attached hydrogens (tertiary/aromatic N) is 1. The van der Waals surface area contributed by atoms with Crippen LogP contribution in [0, 0.1) is 0 Å². The first-order valence-corrected chi connectivity index (χ1v) is 5.00. The fraction of sp³-hybridized carbons (Fsp3) is 0.167. The lowest BCUT2D eigenvalue weighted by Crippen LogP contribution is -2.16. The van der Waals surface area contributed by atoms with Gasteiger partial charge >= 0.3 is 5.97 Å². The number of rotatable bonds is 3. The van der Waals surface area contributed by atoms with Gasteiger partial charge in [-0.3, -0.25) is 9.78 Å².